The molecule has 1 aliphatic heterocycles. The van der Waals surface area contributed by atoms with Gasteiger partial charge in [-0.2, -0.15) is 0 Å². The smallest absolute Gasteiger partial charge is 0.193 e. The van der Waals surface area contributed by atoms with Crippen LogP contribution < -0.4 is 5.32 Å². The first kappa shape index (κ1) is 19.2. The molecule has 7 heteroatoms. The number of nitrogens with one attached hydrogen (secondary N) is 1. The van der Waals surface area contributed by atoms with Crippen molar-refractivity contribution in [3.63, 3.8) is 0 Å². The molecule has 1 unspecified atom stereocenters. The van der Waals surface area contributed by atoms with Gasteiger partial charge in [0.25, 0.3) is 0 Å². The Balaban J connectivity index is 0.00000208. The summed E-state index contributed by atoms with van der Waals surface area (Å²) in [6, 6.07) is 1.94. The van der Waals surface area contributed by atoms with Crippen LogP contribution in [0.4, 0.5) is 0 Å². The van der Waals surface area contributed by atoms with Crippen LogP contribution in [0.5, 0.6) is 0 Å². The van der Waals surface area contributed by atoms with E-state index >= 15 is 0 Å². The second-order valence-electron chi connectivity index (χ2n) is 6.33. The molecule has 0 saturated carbocycles. The fourth-order valence-corrected chi connectivity index (χ4v) is 3.28. The maximum Gasteiger partial charge on any atom is 0.193 e. The lowest BCUT2D eigenvalue weighted by molar-refractivity contribution is 0.168. The summed E-state index contributed by atoms with van der Waals surface area (Å²) >= 11 is 0. The van der Waals surface area contributed by atoms with Gasteiger partial charge >= 0.3 is 0 Å². The Morgan fingerprint density at radius 1 is 1.33 bits per heavy atom. The van der Waals surface area contributed by atoms with Crippen molar-refractivity contribution in [1.29, 1.82) is 0 Å². The zero-order chi connectivity index (χ0) is 15.9. The van der Waals surface area contributed by atoms with Crippen molar-refractivity contribution in [1.82, 2.24) is 20.3 Å². The lowest BCUT2D eigenvalue weighted by atomic mass is 9.94. The van der Waals surface area contributed by atoms with E-state index in [1.54, 1.807) is 6.26 Å². The van der Waals surface area contributed by atoms with Crippen LogP contribution in [0.2, 0.25) is 0 Å². The molecule has 0 spiro atoms. The van der Waals surface area contributed by atoms with Crippen LogP contribution in [-0.2, 0) is 6.54 Å². The topological polar surface area (TPSA) is 56.9 Å². The summed E-state index contributed by atoms with van der Waals surface area (Å²) < 4.78 is 4.90. The van der Waals surface area contributed by atoms with E-state index in [4.69, 9.17) is 4.52 Å². The third-order valence-corrected chi connectivity index (χ3v) is 4.69. The molecule has 1 saturated heterocycles. The molecule has 24 heavy (non-hydrogen) atoms. The van der Waals surface area contributed by atoms with E-state index in [2.05, 4.69) is 37.4 Å². The molecule has 0 radical (unpaired) electrons. The first-order valence-corrected chi connectivity index (χ1v) is 8.57. The van der Waals surface area contributed by atoms with Gasteiger partial charge in [-0.3, -0.25) is 9.89 Å². The molecule has 3 rings (SSSR count). The van der Waals surface area contributed by atoms with E-state index in [1.165, 1.54) is 19.3 Å². The fraction of sp³-hybridized carbons (Fsp3) is 0.647. The van der Waals surface area contributed by atoms with Crippen LogP contribution in [0.1, 0.15) is 25.0 Å². The highest BCUT2D eigenvalue weighted by molar-refractivity contribution is 14.0. The molecule has 134 valence electrons. The SMILES string of the molecule is CN=C(NCC1CC=CCC1)N1CCN(Cc2ccon2)CC1.I. The summed E-state index contributed by atoms with van der Waals surface area (Å²) in [6.45, 7) is 5.95. The maximum absolute atomic E-state index is 4.90. The first-order valence-electron chi connectivity index (χ1n) is 8.57. The molecule has 6 nitrogen and oxygen atoms in total. The predicted octanol–water partition coefficient (Wildman–Crippen LogP) is 2.34. The number of nitrogens with zero attached hydrogens (tertiary/aromatic N) is 4. The van der Waals surface area contributed by atoms with Gasteiger partial charge in [-0.25, -0.2) is 0 Å². The Bertz CT molecular complexity index is 523. The predicted molar refractivity (Wildman–Crippen MR) is 107 cm³/mol. The molecule has 0 aromatic carbocycles. The second-order valence-corrected chi connectivity index (χ2v) is 6.33. The van der Waals surface area contributed by atoms with Crippen molar-refractivity contribution < 1.29 is 4.52 Å². The van der Waals surface area contributed by atoms with Gasteiger partial charge in [0.05, 0.1) is 5.69 Å². The first-order chi connectivity index (χ1) is 11.3. The quantitative estimate of drug-likeness (QED) is 0.334. The minimum atomic E-state index is 0. The number of guanidine groups is 1. The molecule has 1 aliphatic carbocycles. The van der Waals surface area contributed by atoms with Crippen molar-refractivity contribution in [2.75, 3.05) is 39.8 Å². The highest BCUT2D eigenvalue weighted by Gasteiger charge is 2.21. The molecule has 2 aliphatic rings. The number of allylic oxidation sites excluding steroid dienone is 2. The van der Waals surface area contributed by atoms with Crippen LogP contribution in [0.3, 0.4) is 0 Å². The van der Waals surface area contributed by atoms with Crippen LogP contribution >= 0.6 is 24.0 Å². The van der Waals surface area contributed by atoms with Crippen molar-refractivity contribution in [2.24, 2.45) is 10.9 Å². The summed E-state index contributed by atoms with van der Waals surface area (Å²) in [5, 5.41) is 7.56. The van der Waals surface area contributed by atoms with Gasteiger partial charge in [-0.15, -0.1) is 24.0 Å². The van der Waals surface area contributed by atoms with Gasteiger partial charge < -0.3 is 14.7 Å². The minimum absolute atomic E-state index is 0. The molecule has 0 bridgehead atoms. The molecule has 1 aromatic rings. The number of halogens is 1. The number of aliphatic imine (C=N–C) groups is 1. The molecule has 2 heterocycles. The third kappa shape index (κ3) is 5.47. The summed E-state index contributed by atoms with van der Waals surface area (Å²) in [5.74, 6) is 1.78. The molecular weight excluding hydrogens is 417 g/mol. The summed E-state index contributed by atoms with van der Waals surface area (Å²) in [4.78, 5) is 9.23. The Morgan fingerprint density at radius 3 is 2.79 bits per heavy atom. The lowest BCUT2D eigenvalue weighted by Crippen LogP contribution is -2.52. The van der Waals surface area contributed by atoms with E-state index in [0.717, 1.165) is 56.8 Å². The Morgan fingerprint density at radius 2 is 2.17 bits per heavy atom. The van der Waals surface area contributed by atoms with E-state index in [1.807, 2.05) is 13.1 Å². The van der Waals surface area contributed by atoms with Gasteiger partial charge in [0, 0.05) is 52.4 Å². The molecule has 1 fully saturated rings. The Labute approximate surface area is 161 Å². The Hall–Kier alpha value is -1.09. The number of rotatable bonds is 4. The highest BCUT2D eigenvalue weighted by Crippen LogP contribution is 2.17. The number of hydrogen-bond donors (Lipinski definition) is 1. The molecule has 0 amide bonds. The molecule has 1 atom stereocenters. The van der Waals surface area contributed by atoms with Gasteiger partial charge in [0.2, 0.25) is 0 Å². The van der Waals surface area contributed by atoms with Gasteiger partial charge in [0.1, 0.15) is 6.26 Å². The van der Waals surface area contributed by atoms with Crippen LogP contribution in [0.15, 0.2) is 34.0 Å². The van der Waals surface area contributed by atoms with Crippen LogP contribution in [-0.4, -0.2) is 60.7 Å². The second kappa shape index (κ2) is 10.0. The third-order valence-electron chi connectivity index (χ3n) is 4.69. The fourth-order valence-electron chi connectivity index (χ4n) is 3.28. The molecular formula is C17H28IN5O. The van der Waals surface area contributed by atoms with Crippen molar-refractivity contribution >= 4 is 29.9 Å². The van der Waals surface area contributed by atoms with E-state index in [9.17, 15) is 0 Å². The standard InChI is InChI=1S/C17H27N5O.HI/c1-18-17(19-13-15-5-3-2-4-6-15)22-10-8-21(9-11-22)14-16-7-12-23-20-16;/h2-3,7,12,15H,4-6,8-11,13-14H2,1H3,(H,18,19);1H. The summed E-state index contributed by atoms with van der Waals surface area (Å²) in [6.07, 6.45) is 9.92. The molecule has 1 N–H and O–H groups in total. The lowest BCUT2D eigenvalue weighted by Gasteiger charge is -2.36. The highest BCUT2D eigenvalue weighted by atomic mass is 127. The van der Waals surface area contributed by atoms with Gasteiger partial charge in [-0.1, -0.05) is 17.3 Å². The van der Waals surface area contributed by atoms with Crippen LogP contribution in [0, 0.1) is 5.92 Å². The minimum Gasteiger partial charge on any atom is -0.364 e. The zero-order valence-electron chi connectivity index (χ0n) is 14.4. The average molecular weight is 445 g/mol. The summed E-state index contributed by atoms with van der Waals surface area (Å²) in [5.41, 5.74) is 1.01. The number of hydrogen-bond acceptors (Lipinski definition) is 4. The van der Waals surface area contributed by atoms with E-state index in [0.29, 0.717) is 0 Å². The monoisotopic (exact) mass is 445 g/mol. The molecule has 1 aromatic heterocycles. The van der Waals surface area contributed by atoms with Crippen molar-refractivity contribution in [3.05, 3.63) is 30.2 Å². The zero-order valence-corrected chi connectivity index (χ0v) is 16.7. The van der Waals surface area contributed by atoms with Crippen LogP contribution in [0.25, 0.3) is 0 Å². The summed E-state index contributed by atoms with van der Waals surface area (Å²) in [7, 11) is 1.88. The van der Waals surface area contributed by atoms with Gasteiger partial charge in [0.15, 0.2) is 5.96 Å². The van der Waals surface area contributed by atoms with Crippen molar-refractivity contribution in [3.8, 4) is 0 Å². The Kier molecular flexibility index (Phi) is 8.04. The van der Waals surface area contributed by atoms with Gasteiger partial charge in [-0.05, 0) is 25.2 Å². The van der Waals surface area contributed by atoms with E-state index < -0.39 is 0 Å². The number of piperazine rings is 1. The normalized spacial score (nSPS) is 22.3. The largest absolute Gasteiger partial charge is 0.364 e. The number of aromatic nitrogens is 1. The maximum atomic E-state index is 4.90. The average Bonchev–Trinajstić information content (AvgIpc) is 3.11. The van der Waals surface area contributed by atoms with E-state index in [-0.39, 0.29) is 24.0 Å². The van der Waals surface area contributed by atoms with Crippen molar-refractivity contribution in [2.45, 2.75) is 25.8 Å².